The van der Waals surface area contributed by atoms with Crippen LogP contribution >= 0.6 is 17.0 Å². The predicted molar refractivity (Wildman–Crippen MR) is 194 cm³/mol. The monoisotopic (exact) mass is 752 g/mol. The number of phenols is 2. The molecule has 7 heteroatoms. The van der Waals surface area contributed by atoms with Crippen molar-refractivity contribution in [1.82, 2.24) is 0 Å². The number of ether oxygens (including phenoxy) is 2. The molecule has 0 aliphatic carbocycles. The van der Waals surface area contributed by atoms with E-state index < -0.39 is 20.8 Å². The number of rotatable bonds is 11. The van der Waals surface area contributed by atoms with Crippen LogP contribution in [0.4, 0.5) is 0 Å². The maximum absolute atomic E-state index is 11.3. The summed E-state index contributed by atoms with van der Waals surface area (Å²) in [5.41, 5.74) is 8.95. The van der Waals surface area contributed by atoms with Crippen molar-refractivity contribution in [3.05, 3.63) is 151 Å². The standard InChI is InChI=1S/C41H36O4.2ClH.Zr/c1-29-23-24-39(38(27-29)37-22-11-20-35(41(37)43)31-15-6-3-7-16-31)45-26-12-25-44-28-32-17-8-9-18-33(32)36-21-10-19-34(40(36)42)30-13-4-2-5-14-30;;;/h2-11,13-24,27,42-43H,12,25-26,28H2,1H3;2*1H;/q;;;+2/p-2. The van der Waals surface area contributed by atoms with E-state index in [0.717, 1.165) is 61.4 Å². The molecule has 0 saturated heterocycles. The Kier molecular flexibility index (Phi) is 13.3. The number of aromatic hydroxyl groups is 2. The Morgan fingerprint density at radius 3 is 1.65 bits per heavy atom. The zero-order valence-electron chi connectivity index (χ0n) is 26.6. The first kappa shape index (κ1) is 35.5. The Morgan fingerprint density at radius 1 is 0.542 bits per heavy atom. The number of hydrogen-bond donors (Lipinski definition) is 2. The van der Waals surface area contributed by atoms with Crippen molar-refractivity contribution in [2.24, 2.45) is 0 Å². The molecule has 0 spiro atoms. The second-order valence-electron chi connectivity index (χ2n) is 11.1. The zero-order valence-corrected chi connectivity index (χ0v) is 30.5. The second-order valence-corrected chi connectivity index (χ2v) is 14.9. The quantitative estimate of drug-likeness (QED) is 0.129. The van der Waals surface area contributed by atoms with Crippen molar-refractivity contribution in [2.45, 2.75) is 20.0 Å². The third kappa shape index (κ3) is 8.98. The minimum absolute atomic E-state index is 0.237. The Morgan fingerprint density at radius 2 is 1.04 bits per heavy atom. The average Bonchev–Trinajstić information content (AvgIpc) is 3.12. The summed E-state index contributed by atoms with van der Waals surface area (Å²) in [6, 6.07) is 45.6. The van der Waals surface area contributed by atoms with E-state index in [9.17, 15) is 10.2 Å². The molecule has 0 heterocycles. The maximum atomic E-state index is 11.3. The molecular weight excluding hydrogens is 719 g/mol. The van der Waals surface area contributed by atoms with Crippen molar-refractivity contribution in [1.29, 1.82) is 0 Å². The Hall–Kier alpha value is -3.86. The number of phenolic OH excluding ortho intramolecular Hbond substituents is 2. The average molecular weight is 755 g/mol. The van der Waals surface area contributed by atoms with Gasteiger partial charge in [-0.05, 0) is 41.3 Å². The van der Waals surface area contributed by atoms with E-state index in [4.69, 9.17) is 26.5 Å². The van der Waals surface area contributed by atoms with Gasteiger partial charge in [0.05, 0.1) is 19.8 Å². The third-order valence-corrected chi connectivity index (χ3v) is 7.92. The van der Waals surface area contributed by atoms with Gasteiger partial charge in [0.25, 0.3) is 0 Å². The summed E-state index contributed by atoms with van der Waals surface area (Å²) in [6.07, 6.45) is 0.695. The molecule has 6 rings (SSSR count). The molecule has 0 aliphatic heterocycles. The van der Waals surface area contributed by atoms with Gasteiger partial charge >= 0.3 is 37.9 Å². The van der Waals surface area contributed by atoms with Crippen molar-refractivity contribution in [3.8, 4) is 61.8 Å². The first-order valence-electron chi connectivity index (χ1n) is 15.6. The van der Waals surface area contributed by atoms with Crippen LogP contribution in [0.15, 0.2) is 140 Å². The van der Waals surface area contributed by atoms with Crippen molar-refractivity contribution in [3.63, 3.8) is 0 Å². The van der Waals surface area contributed by atoms with Crippen LogP contribution in [0.2, 0.25) is 0 Å². The van der Waals surface area contributed by atoms with E-state index in [0.29, 0.717) is 26.2 Å². The number of halogens is 2. The van der Waals surface area contributed by atoms with Crippen LogP contribution in [0, 0.1) is 6.92 Å². The topological polar surface area (TPSA) is 58.9 Å². The van der Waals surface area contributed by atoms with Crippen molar-refractivity contribution >= 4 is 17.0 Å². The van der Waals surface area contributed by atoms with Gasteiger partial charge in [-0.2, -0.15) is 0 Å². The van der Waals surface area contributed by atoms with Crippen LogP contribution in [0.25, 0.3) is 44.5 Å². The van der Waals surface area contributed by atoms with Gasteiger partial charge in [-0.25, -0.2) is 0 Å². The molecule has 0 amide bonds. The minimum atomic E-state index is -0.826. The molecule has 0 radical (unpaired) electrons. The summed E-state index contributed by atoms with van der Waals surface area (Å²) < 4.78 is 12.3. The molecule has 0 unspecified atom stereocenters. The van der Waals surface area contributed by atoms with Gasteiger partial charge in [-0.15, -0.1) is 0 Å². The van der Waals surface area contributed by atoms with E-state index >= 15 is 0 Å². The molecule has 0 fully saturated rings. The summed E-state index contributed by atoms with van der Waals surface area (Å²) in [5, 5.41) is 22.5. The van der Waals surface area contributed by atoms with Crippen LogP contribution in [-0.2, 0) is 32.2 Å². The van der Waals surface area contributed by atoms with Gasteiger partial charge in [0.15, 0.2) is 0 Å². The molecule has 6 aromatic carbocycles. The van der Waals surface area contributed by atoms with Gasteiger partial charge in [-0.3, -0.25) is 0 Å². The Bertz CT molecular complexity index is 1920. The van der Waals surface area contributed by atoms with Gasteiger partial charge < -0.3 is 19.7 Å². The molecule has 0 saturated carbocycles. The molecule has 4 nitrogen and oxygen atoms in total. The molecule has 2 N–H and O–H groups in total. The Labute approximate surface area is 301 Å². The molecule has 48 heavy (non-hydrogen) atoms. The van der Waals surface area contributed by atoms with Crippen molar-refractivity contribution < 1.29 is 40.5 Å². The second kappa shape index (κ2) is 18.1. The summed E-state index contributed by atoms with van der Waals surface area (Å²) >= 11 is -0.826. The van der Waals surface area contributed by atoms with Crippen LogP contribution in [0.1, 0.15) is 17.5 Å². The van der Waals surface area contributed by atoms with Gasteiger partial charge in [0.2, 0.25) is 0 Å². The van der Waals surface area contributed by atoms with Crippen LogP contribution in [0.5, 0.6) is 17.2 Å². The van der Waals surface area contributed by atoms with E-state index in [2.05, 4.69) is 6.07 Å². The van der Waals surface area contributed by atoms with Gasteiger partial charge in [0, 0.05) is 34.2 Å². The number of para-hydroxylation sites is 2. The van der Waals surface area contributed by atoms with Gasteiger partial charge in [-0.1, -0.05) is 133 Å². The summed E-state index contributed by atoms with van der Waals surface area (Å²) in [6.45, 7) is 3.44. The van der Waals surface area contributed by atoms with E-state index in [1.807, 2.05) is 140 Å². The first-order chi connectivity index (χ1) is 23.5. The molecule has 0 atom stereocenters. The normalized spacial score (nSPS) is 10.6. The fourth-order valence-corrected chi connectivity index (χ4v) is 5.64. The van der Waals surface area contributed by atoms with E-state index in [1.165, 1.54) is 0 Å². The molecule has 6 aromatic rings. The summed E-state index contributed by atoms with van der Waals surface area (Å²) in [4.78, 5) is 0. The fraction of sp³-hybridized carbons (Fsp3) is 0.122. The van der Waals surface area contributed by atoms with E-state index in [-0.39, 0.29) is 11.5 Å². The SMILES string of the molecule is Cc1ccc(OCCCOCc2ccccc2-c2cccc(-c3ccccc3)c2O)c(-c2cccc(-c3ccccc3)c2O)c1.[Cl][Zr][Cl]. The third-order valence-electron chi connectivity index (χ3n) is 7.92. The molecule has 0 aromatic heterocycles. The molecule has 242 valence electrons. The Balaban J connectivity index is 0.00000145. The number of hydrogen-bond acceptors (Lipinski definition) is 4. The fourth-order valence-electron chi connectivity index (χ4n) is 5.64. The molecule has 0 aliphatic rings. The van der Waals surface area contributed by atoms with Crippen LogP contribution < -0.4 is 4.74 Å². The van der Waals surface area contributed by atoms with Gasteiger partial charge in [0.1, 0.15) is 17.2 Å². The van der Waals surface area contributed by atoms with Crippen LogP contribution in [0.3, 0.4) is 0 Å². The van der Waals surface area contributed by atoms with Crippen LogP contribution in [-0.4, -0.2) is 23.4 Å². The summed E-state index contributed by atoms with van der Waals surface area (Å²) in [7, 11) is 9.87. The zero-order chi connectivity index (χ0) is 33.7. The number of aryl methyl sites for hydroxylation is 1. The van der Waals surface area contributed by atoms with E-state index in [1.54, 1.807) is 0 Å². The predicted octanol–water partition coefficient (Wildman–Crippen LogP) is 11.4. The number of benzene rings is 6. The first-order valence-corrected chi connectivity index (χ1v) is 22.0. The summed E-state index contributed by atoms with van der Waals surface area (Å²) in [5.74, 6) is 1.22. The van der Waals surface area contributed by atoms with Crippen molar-refractivity contribution in [2.75, 3.05) is 13.2 Å². The molecule has 0 bridgehead atoms. The molecular formula is C41H36Cl2O4Zr.